The van der Waals surface area contributed by atoms with E-state index in [4.69, 9.17) is 4.42 Å². The molecule has 0 aliphatic heterocycles. The van der Waals surface area contributed by atoms with Crippen molar-refractivity contribution in [3.63, 3.8) is 0 Å². The number of nitrogens with one attached hydrogen (secondary N) is 2. The Kier molecular flexibility index (Phi) is 7.13. The van der Waals surface area contributed by atoms with Crippen LogP contribution in [0.2, 0.25) is 0 Å². The van der Waals surface area contributed by atoms with Crippen LogP contribution in [0.1, 0.15) is 33.3 Å². The number of hydrogen-bond donors (Lipinski definition) is 2. The minimum absolute atomic E-state index is 0.0474. The van der Waals surface area contributed by atoms with Crippen molar-refractivity contribution in [1.82, 2.24) is 10.6 Å². The van der Waals surface area contributed by atoms with Gasteiger partial charge in [0.05, 0.1) is 12.1 Å². The van der Waals surface area contributed by atoms with Gasteiger partial charge in [-0.3, -0.25) is 19.7 Å². The van der Waals surface area contributed by atoms with E-state index >= 15 is 0 Å². The lowest BCUT2D eigenvalue weighted by Crippen LogP contribution is -2.37. The first-order chi connectivity index (χ1) is 17.0. The van der Waals surface area contributed by atoms with Gasteiger partial charge in [0.25, 0.3) is 11.8 Å². The molecule has 8 heteroatoms. The van der Waals surface area contributed by atoms with E-state index in [9.17, 15) is 19.7 Å². The normalized spacial score (nSPS) is 11.2. The van der Waals surface area contributed by atoms with E-state index in [1.807, 2.05) is 60.7 Å². The number of furan rings is 1. The van der Waals surface area contributed by atoms with Gasteiger partial charge in [-0.15, -0.1) is 0 Å². The van der Waals surface area contributed by atoms with E-state index in [-0.39, 0.29) is 11.5 Å². The number of nitro groups is 1. The maximum Gasteiger partial charge on any atom is 0.433 e. The molecule has 8 nitrogen and oxygen atoms in total. The van der Waals surface area contributed by atoms with Gasteiger partial charge in [0, 0.05) is 11.6 Å². The first-order valence-corrected chi connectivity index (χ1v) is 10.7. The molecule has 2 amide bonds. The van der Waals surface area contributed by atoms with Gasteiger partial charge in [-0.1, -0.05) is 78.9 Å². The van der Waals surface area contributed by atoms with E-state index < -0.39 is 28.7 Å². The lowest BCUT2D eigenvalue weighted by molar-refractivity contribution is -0.402. The highest BCUT2D eigenvalue weighted by Gasteiger charge is 2.22. The number of carbonyl (C=O) groups excluding carboxylic acids is 2. The molecule has 0 aliphatic carbocycles. The van der Waals surface area contributed by atoms with Crippen LogP contribution in [-0.4, -0.2) is 16.7 Å². The average molecular weight is 467 g/mol. The lowest BCUT2D eigenvalue weighted by atomic mass is 9.98. The summed E-state index contributed by atoms with van der Waals surface area (Å²) in [4.78, 5) is 36.6. The zero-order valence-corrected chi connectivity index (χ0v) is 18.5. The maximum atomic E-state index is 13.4. The molecule has 1 heterocycles. The van der Waals surface area contributed by atoms with E-state index in [0.717, 1.165) is 11.1 Å². The predicted octanol–water partition coefficient (Wildman–Crippen LogP) is 4.86. The first-order valence-electron chi connectivity index (χ1n) is 10.7. The second-order valence-electron chi connectivity index (χ2n) is 7.54. The van der Waals surface area contributed by atoms with Crippen LogP contribution in [-0.2, 0) is 4.79 Å². The summed E-state index contributed by atoms with van der Waals surface area (Å²) >= 11 is 0. The van der Waals surface area contributed by atoms with E-state index in [2.05, 4.69) is 10.6 Å². The van der Waals surface area contributed by atoms with E-state index in [1.54, 1.807) is 30.3 Å². The summed E-state index contributed by atoms with van der Waals surface area (Å²) in [5.74, 6) is -1.53. The number of rotatable bonds is 8. The third-order valence-corrected chi connectivity index (χ3v) is 5.15. The van der Waals surface area contributed by atoms with Crippen molar-refractivity contribution in [3.8, 4) is 0 Å². The van der Waals surface area contributed by atoms with E-state index in [1.165, 1.54) is 18.2 Å². The van der Waals surface area contributed by atoms with Crippen molar-refractivity contribution in [2.75, 3.05) is 0 Å². The van der Waals surface area contributed by atoms with Crippen LogP contribution in [0.25, 0.3) is 6.08 Å². The van der Waals surface area contributed by atoms with Crippen molar-refractivity contribution in [1.29, 1.82) is 0 Å². The second kappa shape index (κ2) is 10.8. The van der Waals surface area contributed by atoms with Crippen LogP contribution >= 0.6 is 0 Å². The number of carbonyl (C=O) groups is 2. The fraction of sp³-hybridized carbons (Fsp3) is 0.0370. The smallest absolute Gasteiger partial charge is 0.401 e. The van der Waals surface area contributed by atoms with Gasteiger partial charge in [-0.2, -0.15) is 0 Å². The quantitative estimate of drug-likeness (QED) is 0.218. The molecule has 4 aromatic rings. The number of hydrogen-bond acceptors (Lipinski definition) is 5. The van der Waals surface area contributed by atoms with Crippen LogP contribution in [0.3, 0.4) is 0 Å². The SMILES string of the molecule is O=C(NC(c1ccccc1)c1ccccc1)/C(=C/c1ccc([N+](=O)[O-])o1)NC(=O)c1ccccc1. The molecule has 35 heavy (non-hydrogen) atoms. The molecule has 0 aliphatic rings. The van der Waals surface area contributed by atoms with Gasteiger partial charge in [0.2, 0.25) is 0 Å². The summed E-state index contributed by atoms with van der Waals surface area (Å²) in [7, 11) is 0. The zero-order valence-electron chi connectivity index (χ0n) is 18.5. The van der Waals surface area contributed by atoms with Gasteiger partial charge in [0.1, 0.15) is 16.4 Å². The molecule has 2 N–H and O–H groups in total. The molecule has 0 unspecified atom stereocenters. The van der Waals surface area contributed by atoms with E-state index in [0.29, 0.717) is 5.56 Å². The Morgan fingerprint density at radius 1 is 0.800 bits per heavy atom. The maximum absolute atomic E-state index is 13.4. The van der Waals surface area contributed by atoms with Crippen molar-refractivity contribution < 1.29 is 18.9 Å². The Balaban J connectivity index is 1.68. The Hall–Kier alpha value is -4.98. The number of benzene rings is 3. The molecule has 0 saturated carbocycles. The topological polar surface area (TPSA) is 114 Å². The molecule has 0 radical (unpaired) electrons. The highest BCUT2D eigenvalue weighted by molar-refractivity contribution is 6.05. The van der Waals surface area contributed by atoms with Gasteiger partial charge < -0.3 is 15.1 Å². The third kappa shape index (κ3) is 5.88. The van der Waals surface area contributed by atoms with Gasteiger partial charge in [0.15, 0.2) is 0 Å². The molecule has 3 aromatic carbocycles. The zero-order chi connectivity index (χ0) is 24.6. The summed E-state index contributed by atoms with van der Waals surface area (Å²) in [6.07, 6.45) is 1.26. The van der Waals surface area contributed by atoms with Crippen molar-refractivity contribution >= 4 is 23.8 Å². The molecule has 1 aromatic heterocycles. The largest absolute Gasteiger partial charge is 0.433 e. The van der Waals surface area contributed by atoms with Crippen molar-refractivity contribution in [2.45, 2.75) is 6.04 Å². The fourth-order valence-corrected chi connectivity index (χ4v) is 3.46. The number of amides is 2. The monoisotopic (exact) mass is 467 g/mol. The summed E-state index contributed by atoms with van der Waals surface area (Å²) in [5, 5.41) is 16.6. The van der Waals surface area contributed by atoms with Crippen LogP contribution in [0, 0.1) is 10.1 Å². The molecule has 0 bridgehead atoms. The Labute approximate surface area is 201 Å². The van der Waals surface area contributed by atoms with Gasteiger partial charge >= 0.3 is 5.88 Å². The van der Waals surface area contributed by atoms with Crippen LogP contribution < -0.4 is 10.6 Å². The van der Waals surface area contributed by atoms with Crippen LogP contribution in [0.15, 0.2) is 113 Å². The molecule has 0 fully saturated rings. The highest BCUT2D eigenvalue weighted by atomic mass is 16.6. The average Bonchev–Trinajstić information content (AvgIpc) is 3.37. The molecule has 0 saturated heterocycles. The summed E-state index contributed by atoms with van der Waals surface area (Å²) < 4.78 is 5.18. The predicted molar refractivity (Wildman–Crippen MR) is 130 cm³/mol. The molecule has 174 valence electrons. The second-order valence-corrected chi connectivity index (χ2v) is 7.54. The molecule has 0 atom stereocenters. The lowest BCUT2D eigenvalue weighted by Gasteiger charge is -2.21. The molecular weight excluding hydrogens is 446 g/mol. The summed E-state index contributed by atoms with van der Waals surface area (Å²) in [5.41, 5.74) is 1.91. The number of nitrogens with zero attached hydrogens (tertiary/aromatic N) is 1. The standard InChI is InChI=1S/C27H21N3O5/c31-26(21-14-8-3-9-15-21)28-23(18-22-16-17-24(35-22)30(33)34)27(32)29-25(19-10-4-1-5-11-19)20-12-6-2-7-13-20/h1-18,25H,(H,28,31)(H,29,32)/b23-18-. The Bertz CT molecular complexity index is 1310. The Morgan fingerprint density at radius 2 is 1.34 bits per heavy atom. The van der Waals surface area contributed by atoms with Crippen LogP contribution in [0.5, 0.6) is 0 Å². The fourth-order valence-electron chi connectivity index (χ4n) is 3.46. The van der Waals surface area contributed by atoms with Crippen LogP contribution in [0.4, 0.5) is 5.88 Å². The first kappa shape index (κ1) is 23.2. The van der Waals surface area contributed by atoms with Crippen molar-refractivity contribution in [3.05, 3.63) is 141 Å². The van der Waals surface area contributed by atoms with Crippen molar-refractivity contribution in [2.24, 2.45) is 0 Å². The third-order valence-electron chi connectivity index (χ3n) is 5.15. The minimum atomic E-state index is -0.680. The van der Waals surface area contributed by atoms with Gasteiger partial charge in [-0.25, -0.2) is 0 Å². The summed E-state index contributed by atoms with van der Waals surface area (Å²) in [6, 6.07) is 29.2. The van der Waals surface area contributed by atoms with Gasteiger partial charge in [-0.05, 0) is 29.3 Å². The molecule has 0 spiro atoms. The molecule has 4 rings (SSSR count). The minimum Gasteiger partial charge on any atom is -0.401 e. The Morgan fingerprint density at radius 3 is 1.86 bits per heavy atom. The summed E-state index contributed by atoms with van der Waals surface area (Å²) in [6.45, 7) is 0. The highest BCUT2D eigenvalue weighted by Crippen LogP contribution is 2.23. The molecular formula is C27H21N3O5.